The monoisotopic (exact) mass is 295 g/mol. The van der Waals surface area contributed by atoms with Crippen LogP contribution in [0.2, 0.25) is 0 Å². The predicted octanol–water partition coefficient (Wildman–Crippen LogP) is -0.390. The zero-order chi connectivity index (χ0) is 15.8. The molecule has 116 valence electrons. The van der Waals surface area contributed by atoms with Crippen LogP contribution in [0, 0.1) is 0 Å². The molecule has 0 aliphatic rings. The number of carbonyl (C=O) groups excluding carboxylic acids is 2. The summed E-state index contributed by atoms with van der Waals surface area (Å²) in [5, 5.41) is 23.6. The Morgan fingerprint density at radius 3 is 2.57 bits per heavy atom. The Morgan fingerprint density at radius 2 is 1.95 bits per heavy atom. The lowest BCUT2D eigenvalue weighted by molar-refractivity contribution is -0.126. The van der Waals surface area contributed by atoms with Crippen molar-refractivity contribution < 1.29 is 19.8 Å². The summed E-state index contributed by atoms with van der Waals surface area (Å²) in [5.74, 6) is -1.21. The third kappa shape index (κ3) is 5.70. The lowest BCUT2D eigenvalue weighted by atomic mass is 10.1. The van der Waals surface area contributed by atoms with Gasteiger partial charge in [-0.05, 0) is 30.5 Å². The van der Waals surface area contributed by atoms with Gasteiger partial charge < -0.3 is 26.6 Å². The standard InChI is InChI=1S/C14H21N3O4/c1-2-5-16-13(20)8-17-14(21)10(15)6-9-3-4-11(18)12(19)7-9/h3-4,7,10,18-19H,2,5-6,8,15H2,1H3,(H,16,20)(H,17,21)/t10-/m0/s1. The van der Waals surface area contributed by atoms with Crippen molar-refractivity contribution in [2.45, 2.75) is 25.8 Å². The fourth-order valence-corrected chi connectivity index (χ4v) is 1.67. The van der Waals surface area contributed by atoms with Crippen molar-refractivity contribution in [3.63, 3.8) is 0 Å². The average Bonchev–Trinajstić information content (AvgIpc) is 2.46. The number of hydrogen-bond donors (Lipinski definition) is 5. The molecule has 6 N–H and O–H groups in total. The molecule has 0 radical (unpaired) electrons. The summed E-state index contributed by atoms with van der Waals surface area (Å²) in [6.07, 6.45) is 1.01. The Labute approximate surface area is 123 Å². The van der Waals surface area contributed by atoms with Gasteiger partial charge in [0.1, 0.15) is 0 Å². The van der Waals surface area contributed by atoms with Crippen LogP contribution in [0.4, 0.5) is 0 Å². The summed E-state index contributed by atoms with van der Waals surface area (Å²) in [5.41, 5.74) is 6.35. The molecule has 0 aromatic heterocycles. The first-order chi connectivity index (χ1) is 9.93. The van der Waals surface area contributed by atoms with Crippen molar-refractivity contribution in [3.05, 3.63) is 23.8 Å². The molecule has 1 aromatic rings. The molecule has 0 unspecified atom stereocenters. The van der Waals surface area contributed by atoms with E-state index in [0.717, 1.165) is 6.42 Å². The Balaban J connectivity index is 2.43. The van der Waals surface area contributed by atoms with E-state index in [1.807, 2.05) is 6.92 Å². The van der Waals surface area contributed by atoms with Crippen LogP contribution in [-0.4, -0.2) is 41.2 Å². The minimum Gasteiger partial charge on any atom is -0.504 e. The second-order valence-electron chi connectivity index (χ2n) is 4.70. The number of phenolic OH excluding ortho intramolecular Hbond substituents is 2. The molecular formula is C14H21N3O4. The highest BCUT2D eigenvalue weighted by Gasteiger charge is 2.15. The first kappa shape index (κ1) is 16.8. The SMILES string of the molecule is CCCNC(=O)CNC(=O)[C@@H](N)Cc1ccc(O)c(O)c1. The van der Waals surface area contributed by atoms with Crippen molar-refractivity contribution in [1.29, 1.82) is 0 Å². The van der Waals surface area contributed by atoms with Gasteiger partial charge in [0.05, 0.1) is 12.6 Å². The first-order valence-corrected chi connectivity index (χ1v) is 6.75. The minimum atomic E-state index is -0.840. The smallest absolute Gasteiger partial charge is 0.239 e. The van der Waals surface area contributed by atoms with Gasteiger partial charge in [-0.25, -0.2) is 0 Å². The van der Waals surface area contributed by atoms with Crippen LogP contribution < -0.4 is 16.4 Å². The first-order valence-electron chi connectivity index (χ1n) is 6.75. The zero-order valence-corrected chi connectivity index (χ0v) is 11.9. The van der Waals surface area contributed by atoms with E-state index >= 15 is 0 Å². The van der Waals surface area contributed by atoms with E-state index in [1.54, 1.807) is 6.07 Å². The van der Waals surface area contributed by atoms with Gasteiger partial charge in [-0.2, -0.15) is 0 Å². The number of rotatable bonds is 7. The van der Waals surface area contributed by atoms with Crippen LogP contribution >= 0.6 is 0 Å². The van der Waals surface area contributed by atoms with E-state index in [4.69, 9.17) is 5.73 Å². The fraction of sp³-hybridized carbons (Fsp3) is 0.429. The van der Waals surface area contributed by atoms with Crippen LogP contribution in [-0.2, 0) is 16.0 Å². The summed E-state index contributed by atoms with van der Waals surface area (Å²) in [6, 6.07) is 3.40. The van der Waals surface area contributed by atoms with Crippen LogP contribution in [0.25, 0.3) is 0 Å². The van der Waals surface area contributed by atoms with Crippen LogP contribution in [0.3, 0.4) is 0 Å². The van der Waals surface area contributed by atoms with E-state index in [2.05, 4.69) is 10.6 Å². The Hall–Kier alpha value is -2.28. The maximum Gasteiger partial charge on any atom is 0.239 e. The molecule has 7 nitrogen and oxygen atoms in total. The third-order valence-electron chi connectivity index (χ3n) is 2.83. The summed E-state index contributed by atoms with van der Waals surface area (Å²) in [7, 11) is 0. The lowest BCUT2D eigenvalue weighted by Crippen LogP contribution is -2.45. The van der Waals surface area contributed by atoms with Crippen molar-refractivity contribution in [1.82, 2.24) is 10.6 Å². The third-order valence-corrected chi connectivity index (χ3v) is 2.83. The van der Waals surface area contributed by atoms with Crippen molar-refractivity contribution in [2.75, 3.05) is 13.1 Å². The molecule has 0 heterocycles. The van der Waals surface area contributed by atoms with Crippen molar-refractivity contribution in [2.24, 2.45) is 5.73 Å². The summed E-state index contributed by atoms with van der Waals surface area (Å²) < 4.78 is 0. The zero-order valence-electron chi connectivity index (χ0n) is 11.9. The second-order valence-corrected chi connectivity index (χ2v) is 4.70. The predicted molar refractivity (Wildman–Crippen MR) is 77.8 cm³/mol. The molecule has 1 aromatic carbocycles. The van der Waals surface area contributed by atoms with E-state index in [9.17, 15) is 19.8 Å². The van der Waals surface area contributed by atoms with E-state index in [1.165, 1.54) is 12.1 Å². The molecule has 0 fully saturated rings. The molecule has 0 aliphatic heterocycles. The van der Waals surface area contributed by atoms with E-state index < -0.39 is 11.9 Å². The largest absolute Gasteiger partial charge is 0.504 e. The van der Waals surface area contributed by atoms with Gasteiger partial charge in [-0.1, -0.05) is 13.0 Å². The van der Waals surface area contributed by atoms with Gasteiger partial charge in [0, 0.05) is 6.54 Å². The number of hydrogen-bond acceptors (Lipinski definition) is 5. The highest BCUT2D eigenvalue weighted by molar-refractivity contribution is 5.87. The summed E-state index contributed by atoms with van der Waals surface area (Å²) in [4.78, 5) is 23.1. The molecule has 0 bridgehead atoms. The quantitative estimate of drug-likeness (QED) is 0.438. The number of amides is 2. The second kappa shape index (κ2) is 8.11. The number of nitrogens with one attached hydrogen (secondary N) is 2. The van der Waals surface area contributed by atoms with Crippen molar-refractivity contribution in [3.8, 4) is 11.5 Å². The van der Waals surface area contributed by atoms with Gasteiger partial charge in [-0.3, -0.25) is 9.59 Å². The van der Waals surface area contributed by atoms with Crippen LogP contribution in [0.15, 0.2) is 18.2 Å². The number of phenols is 2. The molecule has 0 saturated carbocycles. The number of nitrogens with two attached hydrogens (primary N) is 1. The van der Waals surface area contributed by atoms with Crippen LogP contribution in [0.5, 0.6) is 11.5 Å². The van der Waals surface area contributed by atoms with E-state index in [-0.39, 0.29) is 30.4 Å². The fourth-order valence-electron chi connectivity index (χ4n) is 1.67. The van der Waals surface area contributed by atoms with Gasteiger partial charge in [0.15, 0.2) is 11.5 Å². The molecule has 0 saturated heterocycles. The van der Waals surface area contributed by atoms with Gasteiger partial charge in [0.2, 0.25) is 11.8 Å². The molecule has 21 heavy (non-hydrogen) atoms. The topological polar surface area (TPSA) is 125 Å². The Morgan fingerprint density at radius 1 is 1.24 bits per heavy atom. The molecule has 7 heteroatoms. The minimum absolute atomic E-state index is 0.118. The highest BCUT2D eigenvalue weighted by atomic mass is 16.3. The Bertz CT molecular complexity index is 505. The molecule has 2 amide bonds. The molecule has 1 atom stereocenters. The van der Waals surface area contributed by atoms with Crippen molar-refractivity contribution >= 4 is 11.8 Å². The Kier molecular flexibility index (Phi) is 6.48. The van der Waals surface area contributed by atoms with Gasteiger partial charge >= 0.3 is 0 Å². The number of benzene rings is 1. The summed E-state index contributed by atoms with van der Waals surface area (Å²) >= 11 is 0. The summed E-state index contributed by atoms with van der Waals surface area (Å²) in [6.45, 7) is 2.38. The number of carbonyl (C=O) groups is 2. The maximum absolute atomic E-state index is 11.7. The van der Waals surface area contributed by atoms with Crippen LogP contribution in [0.1, 0.15) is 18.9 Å². The lowest BCUT2D eigenvalue weighted by Gasteiger charge is -2.12. The molecular weight excluding hydrogens is 274 g/mol. The maximum atomic E-state index is 11.7. The van der Waals surface area contributed by atoms with Gasteiger partial charge in [0.25, 0.3) is 0 Å². The molecule has 1 rings (SSSR count). The average molecular weight is 295 g/mol. The van der Waals surface area contributed by atoms with Gasteiger partial charge in [-0.15, -0.1) is 0 Å². The highest BCUT2D eigenvalue weighted by Crippen LogP contribution is 2.25. The normalized spacial score (nSPS) is 11.7. The molecule has 0 spiro atoms. The number of aromatic hydroxyl groups is 2. The van der Waals surface area contributed by atoms with E-state index in [0.29, 0.717) is 12.1 Å². The molecule has 0 aliphatic carbocycles.